The van der Waals surface area contributed by atoms with Crippen LogP contribution in [-0.2, 0) is 14.3 Å². The Morgan fingerprint density at radius 1 is 1.09 bits per heavy atom. The monoisotopic (exact) mass is 304 g/mol. The molecule has 22 heavy (non-hydrogen) atoms. The normalized spacial score (nSPS) is 24.3. The van der Waals surface area contributed by atoms with Gasteiger partial charge in [0.15, 0.2) is 11.9 Å². The minimum absolute atomic E-state index is 0.0631. The van der Waals surface area contributed by atoms with Gasteiger partial charge >= 0.3 is 11.9 Å². The van der Waals surface area contributed by atoms with Gasteiger partial charge in [-0.15, -0.1) is 0 Å². The van der Waals surface area contributed by atoms with E-state index in [0.717, 1.165) is 6.29 Å². The van der Waals surface area contributed by atoms with Crippen LogP contribution in [0, 0.1) is 5.92 Å². The summed E-state index contributed by atoms with van der Waals surface area (Å²) < 4.78 is 5.34. The van der Waals surface area contributed by atoms with E-state index in [2.05, 4.69) is 0 Å². The summed E-state index contributed by atoms with van der Waals surface area (Å²) in [5, 5.41) is 8.81. The molecule has 1 N–H and O–H groups in total. The van der Waals surface area contributed by atoms with Crippen molar-refractivity contribution in [2.45, 2.75) is 31.3 Å². The predicted octanol–water partition coefficient (Wildman–Crippen LogP) is 1.87. The molecule has 0 aromatic heterocycles. The summed E-state index contributed by atoms with van der Waals surface area (Å²) >= 11 is 0. The van der Waals surface area contributed by atoms with Crippen LogP contribution < -0.4 is 0 Å². The third kappa shape index (κ3) is 3.39. The van der Waals surface area contributed by atoms with E-state index in [9.17, 15) is 19.2 Å². The fraction of sp³-hybridized carbons (Fsp3) is 0.375. The van der Waals surface area contributed by atoms with Gasteiger partial charge in [-0.1, -0.05) is 0 Å². The number of aldehydes is 2. The molecule has 116 valence electrons. The molecule has 0 atom stereocenters. The molecule has 0 amide bonds. The van der Waals surface area contributed by atoms with Crippen molar-refractivity contribution < 1.29 is 29.0 Å². The molecule has 6 nitrogen and oxygen atoms in total. The first kappa shape index (κ1) is 15.9. The number of hydrogen-bond donors (Lipinski definition) is 1. The van der Waals surface area contributed by atoms with Gasteiger partial charge < -0.3 is 14.6 Å². The van der Waals surface area contributed by atoms with E-state index in [1.54, 1.807) is 0 Å². The molecule has 1 aromatic carbocycles. The zero-order valence-electron chi connectivity index (χ0n) is 11.9. The van der Waals surface area contributed by atoms with Crippen molar-refractivity contribution in [3.63, 3.8) is 0 Å². The number of hydrogen-bond acceptors (Lipinski definition) is 5. The molecule has 0 spiro atoms. The fourth-order valence-corrected chi connectivity index (χ4v) is 2.50. The lowest BCUT2D eigenvalue weighted by Gasteiger charge is -2.33. The topological polar surface area (TPSA) is 97.7 Å². The van der Waals surface area contributed by atoms with Gasteiger partial charge in [-0.05, 0) is 49.9 Å². The fourth-order valence-electron chi connectivity index (χ4n) is 2.50. The number of carbonyl (C=O) groups is 4. The molecule has 1 aliphatic carbocycles. The first-order chi connectivity index (χ1) is 10.5. The Balaban J connectivity index is 2.07. The molecule has 0 aliphatic heterocycles. The Hall–Kier alpha value is -2.50. The van der Waals surface area contributed by atoms with E-state index in [4.69, 9.17) is 9.84 Å². The zero-order chi connectivity index (χ0) is 16.2. The van der Waals surface area contributed by atoms with Crippen LogP contribution in [0.5, 0.6) is 0 Å². The van der Waals surface area contributed by atoms with Crippen molar-refractivity contribution in [1.29, 1.82) is 0 Å². The van der Waals surface area contributed by atoms with Crippen LogP contribution in [0.1, 0.15) is 46.4 Å². The van der Waals surface area contributed by atoms with Crippen molar-refractivity contribution >= 4 is 24.5 Å². The number of carboxylic acid groups (broad SMARTS) is 1. The minimum atomic E-state index is -1.19. The van der Waals surface area contributed by atoms with E-state index >= 15 is 0 Å². The molecular formula is C16H16O6. The molecule has 2 rings (SSSR count). The molecular weight excluding hydrogens is 288 g/mol. The summed E-state index contributed by atoms with van der Waals surface area (Å²) in [5.74, 6) is -1.85. The molecule has 6 heteroatoms. The van der Waals surface area contributed by atoms with E-state index in [1.165, 1.54) is 24.3 Å². The maximum atomic E-state index is 12.1. The average Bonchev–Trinajstić information content (AvgIpc) is 2.55. The number of esters is 1. The summed E-state index contributed by atoms with van der Waals surface area (Å²) in [7, 11) is 0. The number of rotatable bonds is 5. The van der Waals surface area contributed by atoms with Gasteiger partial charge in [-0.3, -0.25) is 4.79 Å². The number of benzene rings is 1. The molecule has 1 saturated carbocycles. The number of carboxylic acids is 1. The van der Waals surface area contributed by atoms with E-state index in [1.807, 2.05) is 0 Å². The number of carbonyl (C=O) groups excluding carboxylic acids is 3. The summed E-state index contributed by atoms with van der Waals surface area (Å²) in [6, 6.07) is 5.30. The Bertz CT molecular complexity index is 581. The van der Waals surface area contributed by atoms with Crippen LogP contribution >= 0.6 is 0 Å². The first-order valence-corrected chi connectivity index (χ1v) is 6.98. The van der Waals surface area contributed by atoms with Crippen molar-refractivity contribution in [1.82, 2.24) is 0 Å². The molecule has 0 saturated heterocycles. The third-order valence-electron chi connectivity index (χ3n) is 3.95. The van der Waals surface area contributed by atoms with Crippen LogP contribution in [0.25, 0.3) is 0 Å². The van der Waals surface area contributed by atoms with Crippen molar-refractivity contribution in [3.05, 3.63) is 35.4 Å². The first-order valence-electron chi connectivity index (χ1n) is 6.98. The summed E-state index contributed by atoms with van der Waals surface area (Å²) in [5.41, 5.74) is -0.945. The molecule has 1 fully saturated rings. The van der Waals surface area contributed by atoms with Crippen molar-refractivity contribution in [3.8, 4) is 0 Å². The maximum absolute atomic E-state index is 12.1. The van der Waals surface area contributed by atoms with Gasteiger partial charge in [0.25, 0.3) is 0 Å². The molecule has 1 aliphatic rings. The average molecular weight is 304 g/mol. The van der Waals surface area contributed by atoms with Gasteiger partial charge in [-0.2, -0.15) is 0 Å². The second-order valence-electron chi connectivity index (χ2n) is 5.43. The second-order valence-corrected chi connectivity index (χ2v) is 5.43. The van der Waals surface area contributed by atoms with Gasteiger partial charge in [-0.25, -0.2) is 9.59 Å². The third-order valence-corrected chi connectivity index (χ3v) is 3.95. The minimum Gasteiger partial charge on any atom is -0.478 e. The predicted molar refractivity (Wildman–Crippen MR) is 75.6 cm³/mol. The smallest absolute Gasteiger partial charge is 0.339 e. The quantitative estimate of drug-likeness (QED) is 0.658. The molecule has 0 unspecified atom stereocenters. The van der Waals surface area contributed by atoms with Crippen LogP contribution in [0.15, 0.2) is 24.3 Å². The lowest BCUT2D eigenvalue weighted by Crippen LogP contribution is -2.41. The van der Waals surface area contributed by atoms with Gasteiger partial charge in [0.2, 0.25) is 0 Å². The SMILES string of the molecule is O=CC1CCC(C=O)(OC(=O)c2ccc(C(=O)O)cc2)CC1. The summed E-state index contributed by atoms with van der Waals surface area (Å²) in [6.45, 7) is 0. The summed E-state index contributed by atoms with van der Waals surface area (Å²) in [6.07, 6.45) is 3.14. The second kappa shape index (κ2) is 6.51. The van der Waals surface area contributed by atoms with Crippen molar-refractivity contribution in [2.24, 2.45) is 5.92 Å². The Labute approximate surface area is 127 Å². The Morgan fingerprint density at radius 2 is 1.64 bits per heavy atom. The number of aromatic carboxylic acids is 1. The molecule has 0 bridgehead atoms. The van der Waals surface area contributed by atoms with Gasteiger partial charge in [0, 0.05) is 5.92 Å². The van der Waals surface area contributed by atoms with Crippen LogP contribution in [0.2, 0.25) is 0 Å². The van der Waals surface area contributed by atoms with Gasteiger partial charge in [0.1, 0.15) is 6.29 Å². The maximum Gasteiger partial charge on any atom is 0.339 e. The van der Waals surface area contributed by atoms with Crippen LogP contribution in [0.4, 0.5) is 0 Å². The largest absolute Gasteiger partial charge is 0.478 e. The lowest BCUT2D eigenvalue weighted by atomic mass is 9.80. The molecule has 1 aromatic rings. The lowest BCUT2D eigenvalue weighted by molar-refractivity contribution is -0.131. The Kier molecular flexibility index (Phi) is 4.70. The standard InChI is InChI=1S/C16H16O6/c17-9-11-5-7-16(10-18,8-6-11)22-15(21)13-3-1-12(2-4-13)14(19)20/h1-4,9-11H,5-8H2,(H,19,20). The van der Waals surface area contributed by atoms with Gasteiger partial charge in [0.05, 0.1) is 11.1 Å². The molecule has 0 radical (unpaired) electrons. The highest BCUT2D eigenvalue weighted by atomic mass is 16.6. The van der Waals surface area contributed by atoms with Crippen LogP contribution in [0.3, 0.4) is 0 Å². The summed E-state index contributed by atoms with van der Waals surface area (Å²) in [4.78, 5) is 45.0. The van der Waals surface area contributed by atoms with Crippen molar-refractivity contribution in [2.75, 3.05) is 0 Å². The zero-order valence-corrected chi connectivity index (χ0v) is 11.9. The Morgan fingerprint density at radius 3 is 2.09 bits per heavy atom. The highest BCUT2D eigenvalue weighted by molar-refractivity contribution is 5.93. The van der Waals surface area contributed by atoms with E-state index < -0.39 is 17.5 Å². The van der Waals surface area contributed by atoms with E-state index in [0.29, 0.717) is 32.0 Å². The van der Waals surface area contributed by atoms with E-state index in [-0.39, 0.29) is 17.0 Å². The highest BCUT2D eigenvalue weighted by Crippen LogP contribution is 2.33. The molecule has 0 heterocycles. The van der Waals surface area contributed by atoms with Crippen LogP contribution in [-0.4, -0.2) is 35.2 Å². The highest BCUT2D eigenvalue weighted by Gasteiger charge is 2.38. The number of ether oxygens (including phenoxy) is 1.